The van der Waals surface area contributed by atoms with E-state index in [9.17, 15) is 14.9 Å². The second-order valence-corrected chi connectivity index (χ2v) is 6.85. The van der Waals surface area contributed by atoms with Gasteiger partial charge in [-0.1, -0.05) is 30.8 Å². The van der Waals surface area contributed by atoms with E-state index in [0.717, 1.165) is 29.2 Å². The lowest BCUT2D eigenvalue weighted by Crippen LogP contribution is -2.08. The number of thioether (sulfide) groups is 1. The van der Waals surface area contributed by atoms with Crippen molar-refractivity contribution in [3.8, 4) is 0 Å². The van der Waals surface area contributed by atoms with E-state index in [4.69, 9.17) is 4.74 Å². The van der Waals surface area contributed by atoms with E-state index < -0.39 is 4.92 Å². The molecule has 27 heavy (non-hydrogen) atoms. The van der Waals surface area contributed by atoms with E-state index in [0.29, 0.717) is 5.56 Å². The van der Waals surface area contributed by atoms with Crippen molar-refractivity contribution in [3.05, 3.63) is 64.2 Å². The number of imidazole rings is 1. The van der Waals surface area contributed by atoms with Gasteiger partial charge in [-0.15, -0.1) is 0 Å². The van der Waals surface area contributed by atoms with E-state index in [1.807, 2.05) is 24.3 Å². The number of non-ortho nitro benzene ring substituents is 1. The summed E-state index contributed by atoms with van der Waals surface area (Å²) in [5.74, 6) is -0.200. The lowest BCUT2D eigenvalue weighted by Gasteiger charge is -2.07. The maximum absolute atomic E-state index is 12.1. The number of nitro benzene ring substituents is 1. The molecular formula is C19H19N3O4S. The molecule has 1 heterocycles. The maximum atomic E-state index is 12.1. The highest BCUT2D eigenvalue weighted by Gasteiger charge is 2.13. The third kappa shape index (κ3) is 4.65. The Morgan fingerprint density at radius 2 is 1.96 bits per heavy atom. The number of benzene rings is 2. The first-order valence-electron chi connectivity index (χ1n) is 8.55. The summed E-state index contributed by atoms with van der Waals surface area (Å²) in [6.45, 7) is 3.02. The van der Waals surface area contributed by atoms with Crippen LogP contribution in [0.5, 0.6) is 0 Å². The Bertz CT molecular complexity index is 953. The molecule has 140 valence electrons. The average Bonchev–Trinajstić information content (AvgIpc) is 3.03. The average molecular weight is 385 g/mol. The fourth-order valence-corrected chi connectivity index (χ4v) is 3.48. The van der Waals surface area contributed by atoms with Gasteiger partial charge in [0.25, 0.3) is 5.69 Å². The number of carbonyl (C=O) groups is 1. The van der Waals surface area contributed by atoms with E-state index in [-0.39, 0.29) is 24.0 Å². The van der Waals surface area contributed by atoms with Crippen LogP contribution in [0.2, 0.25) is 0 Å². The van der Waals surface area contributed by atoms with Gasteiger partial charge in [0.05, 0.1) is 21.7 Å². The molecule has 0 radical (unpaired) electrons. The van der Waals surface area contributed by atoms with E-state index >= 15 is 0 Å². The van der Waals surface area contributed by atoms with Crippen LogP contribution in [0.25, 0.3) is 11.0 Å². The molecule has 2 aromatic carbocycles. The molecule has 3 rings (SSSR count). The van der Waals surface area contributed by atoms with Gasteiger partial charge in [-0.05, 0) is 36.2 Å². The first kappa shape index (κ1) is 18.9. The van der Waals surface area contributed by atoms with Crippen LogP contribution in [0.4, 0.5) is 5.69 Å². The predicted octanol–water partition coefficient (Wildman–Crippen LogP) is 4.19. The molecule has 0 saturated heterocycles. The van der Waals surface area contributed by atoms with Crippen LogP contribution >= 0.6 is 11.8 Å². The zero-order valence-corrected chi connectivity index (χ0v) is 15.6. The van der Waals surface area contributed by atoms with Crippen LogP contribution < -0.4 is 0 Å². The number of hydrogen-bond donors (Lipinski definition) is 0. The minimum atomic E-state index is -0.463. The van der Waals surface area contributed by atoms with Crippen molar-refractivity contribution >= 4 is 34.5 Å². The minimum absolute atomic E-state index is 0.00968. The van der Waals surface area contributed by atoms with Crippen LogP contribution in [0.15, 0.2) is 53.7 Å². The van der Waals surface area contributed by atoms with Gasteiger partial charge in [-0.25, -0.2) is 4.98 Å². The van der Waals surface area contributed by atoms with Crippen LogP contribution in [-0.2, 0) is 22.7 Å². The van der Waals surface area contributed by atoms with Gasteiger partial charge >= 0.3 is 5.97 Å². The lowest BCUT2D eigenvalue weighted by molar-refractivity contribution is -0.384. The van der Waals surface area contributed by atoms with Gasteiger partial charge in [0.2, 0.25) is 0 Å². The van der Waals surface area contributed by atoms with Crippen molar-refractivity contribution in [3.63, 3.8) is 0 Å². The first-order chi connectivity index (χ1) is 13.1. The third-order valence-electron chi connectivity index (χ3n) is 3.93. The second kappa shape index (κ2) is 8.68. The van der Waals surface area contributed by atoms with Gasteiger partial charge < -0.3 is 9.30 Å². The number of nitrogens with zero attached hydrogens (tertiary/aromatic N) is 3. The van der Waals surface area contributed by atoms with Crippen molar-refractivity contribution < 1.29 is 14.5 Å². The van der Waals surface area contributed by atoms with Crippen molar-refractivity contribution in [1.29, 1.82) is 0 Å². The number of hydrogen-bond acceptors (Lipinski definition) is 6. The molecule has 3 aromatic rings. The monoisotopic (exact) mass is 385 g/mol. The standard InChI is InChI=1S/C19H19N3O4S/c1-2-11-21-17-6-4-3-5-16(17)20-19(21)27-13-18(23)26-12-14-7-9-15(10-8-14)22(24)25/h3-10H,2,11-13H2,1H3. The number of nitro groups is 1. The molecule has 0 atom stereocenters. The zero-order valence-electron chi connectivity index (χ0n) is 14.8. The van der Waals surface area contributed by atoms with Gasteiger partial charge in [-0.3, -0.25) is 14.9 Å². The number of para-hydroxylation sites is 2. The normalized spacial score (nSPS) is 10.9. The Hall–Kier alpha value is -2.87. The summed E-state index contributed by atoms with van der Waals surface area (Å²) in [6, 6.07) is 13.9. The Kier molecular flexibility index (Phi) is 6.08. The Balaban J connectivity index is 1.58. The summed E-state index contributed by atoms with van der Waals surface area (Å²) in [6.07, 6.45) is 0.971. The molecule has 0 amide bonds. The minimum Gasteiger partial charge on any atom is -0.460 e. The second-order valence-electron chi connectivity index (χ2n) is 5.91. The summed E-state index contributed by atoms with van der Waals surface area (Å²) < 4.78 is 7.37. The molecule has 0 aliphatic carbocycles. The number of esters is 1. The molecule has 0 bridgehead atoms. The Morgan fingerprint density at radius 1 is 1.22 bits per heavy atom. The van der Waals surface area contributed by atoms with Crippen LogP contribution in [0.1, 0.15) is 18.9 Å². The molecule has 0 saturated carbocycles. The Morgan fingerprint density at radius 3 is 2.67 bits per heavy atom. The van der Waals surface area contributed by atoms with E-state index in [1.165, 1.54) is 23.9 Å². The molecule has 0 aliphatic heterocycles. The summed E-state index contributed by atoms with van der Waals surface area (Å²) in [5, 5.41) is 11.4. The third-order valence-corrected chi connectivity index (χ3v) is 4.88. The summed E-state index contributed by atoms with van der Waals surface area (Å²) in [5.41, 5.74) is 2.68. The van der Waals surface area contributed by atoms with Crippen LogP contribution in [-0.4, -0.2) is 26.2 Å². The van der Waals surface area contributed by atoms with Crippen LogP contribution in [0, 0.1) is 10.1 Å². The molecule has 0 N–H and O–H groups in total. The predicted molar refractivity (Wildman–Crippen MR) is 104 cm³/mol. The van der Waals surface area contributed by atoms with Crippen molar-refractivity contribution in [1.82, 2.24) is 9.55 Å². The molecule has 8 heteroatoms. The molecule has 7 nitrogen and oxygen atoms in total. The molecule has 0 fully saturated rings. The van der Waals surface area contributed by atoms with Crippen LogP contribution in [0.3, 0.4) is 0 Å². The van der Waals surface area contributed by atoms with Gasteiger partial charge in [0, 0.05) is 18.7 Å². The number of aryl methyl sites for hydroxylation is 1. The van der Waals surface area contributed by atoms with Gasteiger partial charge in [0.15, 0.2) is 5.16 Å². The highest BCUT2D eigenvalue weighted by atomic mass is 32.2. The fourth-order valence-electron chi connectivity index (χ4n) is 2.65. The largest absolute Gasteiger partial charge is 0.460 e. The molecular weight excluding hydrogens is 366 g/mol. The van der Waals surface area contributed by atoms with Crippen molar-refractivity contribution in [2.45, 2.75) is 31.7 Å². The number of rotatable bonds is 8. The van der Waals surface area contributed by atoms with E-state index in [2.05, 4.69) is 16.5 Å². The SMILES string of the molecule is CCCn1c(SCC(=O)OCc2ccc([N+](=O)[O-])cc2)nc2ccccc21. The number of fused-ring (bicyclic) bond motifs is 1. The fraction of sp³-hybridized carbons (Fsp3) is 0.263. The zero-order chi connectivity index (χ0) is 19.2. The first-order valence-corrected chi connectivity index (χ1v) is 9.54. The highest BCUT2D eigenvalue weighted by molar-refractivity contribution is 7.99. The molecule has 0 spiro atoms. The maximum Gasteiger partial charge on any atom is 0.316 e. The van der Waals surface area contributed by atoms with Gasteiger partial charge in [0.1, 0.15) is 6.61 Å². The quantitative estimate of drug-likeness (QED) is 0.250. The molecule has 0 unspecified atom stereocenters. The number of carbonyl (C=O) groups excluding carboxylic acids is 1. The topological polar surface area (TPSA) is 87.3 Å². The van der Waals surface area contributed by atoms with E-state index in [1.54, 1.807) is 12.1 Å². The summed E-state index contributed by atoms with van der Waals surface area (Å²) in [7, 11) is 0. The summed E-state index contributed by atoms with van der Waals surface area (Å²) in [4.78, 5) is 26.8. The van der Waals surface area contributed by atoms with Crippen molar-refractivity contribution in [2.24, 2.45) is 0 Å². The lowest BCUT2D eigenvalue weighted by atomic mass is 10.2. The van der Waals surface area contributed by atoms with Crippen molar-refractivity contribution in [2.75, 3.05) is 5.75 Å². The number of ether oxygens (including phenoxy) is 1. The summed E-state index contributed by atoms with van der Waals surface area (Å²) >= 11 is 1.35. The smallest absolute Gasteiger partial charge is 0.316 e. The highest BCUT2D eigenvalue weighted by Crippen LogP contribution is 2.24. The Labute approximate surface area is 160 Å². The molecule has 1 aromatic heterocycles. The van der Waals surface area contributed by atoms with Gasteiger partial charge in [-0.2, -0.15) is 0 Å². The molecule has 0 aliphatic rings. The number of aromatic nitrogens is 2.